The molecule has 10 rings (SSSR count). The molecule has 0 radical (unpaired) electrons. The topological polar surface area (TPSA) is 0 Å². The highest BCUT2D eigenvalue weighted by Crippen LogP contribution is 2.48. The van der Waals surface area contributed by atoms with Crippen molar-refractivity contribution in [3.63, 3.8) is 0 Å². The van der Waals surface area contributed by atoms with Crippen LogP contribution in [-0.4, -0.2) is 0 Å². The second kappa shape index (κ2) is 10.7. The summed E-state index contributed by atoms with van der Waals surface area (Å²) in [5.41, 5.74) is -5.23. The molecule has 0 heterocycles. The zero-order chi connectivity index (χ0) is 57.7. The quantitative estimate of drug-likeness (QED) is 0.134. The first-order chi connectivity index (χ1) is 36.3. The van der Waals surface area contributed by atoms with Crippen LogP contribution < -0.4 is 0 Å². The van der Waals surface area contributed by atoms with E-state index < -0.39 is 279 Å². The molecule has 0 aliphatic rings. The molecule has 10 aromatic carbocycles. The summed E-state index contributed by atoms with van der Waals surface area (Å²) in [6.07, 6.45) is 0. The minimum absolute atomic E-state index is 0.621. The molecule has 0 bridgehead atoms. The molecule has 222 valence electrons. The lowest BCUT2D eigenvalue weighted by Gasteiger charge is -2.21. The Labute approximate surface area is 321 Å². The molecule has 0 saturated carbocycles. The van der Waals surface area contributed by atoms with E-state index in [0.717, 1.165) is 0 Å². The first-order valence-corrected chi connectivity index (χ1v) is 14.2. The van der Waals surface area contributed by atoms with Gasteiger partial charge in [-0.15, -0.1) is 0 Å². The van der Waals surface area contributed by atoms with E-state index in [9.17, 15) is 16.4 Å². The van der Waals surface area contributed by atoms with Gasteiger partial charge in [0, 0.05) is 0 Å². The van der Waals surface area contributed by atoms with Gasteiger partial charge in [0.15, 0.2) is 0 Å². The third kappa shape index (κ3) is 4.10. The normalized spacial score (nSPS) is 20.5. The first-order valence-electron chi connectivity index (χ1n) is 29.2. The molecule has 0 aromatic heterocycles. The zero-order valence-corrected chi connectivity index (χ0v) is 24.0. The molecule has 0 heteroatoms. The van der Waals surface area contributed by atoms with Crippen molar-refractivity contribution < 1.29 is 41.1 Å². The van der Waals surface area contributed by atoms with Crippen molar-refractivity contribution in [2.45, 2.75) is 0 Å². The maximum absolute atomic E-state index is 10.3. The van der Waals surface area contributed by atoms with Gasteiger partial charge < -0.3 is 0 Å². The van der Waals surface area contributed by atoms with E-state index in [0.29, 0.717) is 0 Å². The summed E-state index contributed by atoms with van der Waals surface area (Å²) in [7, 11) is 0. The van der Waals surface area contributed by atoms with Crippen LogP contribution in [0.1, 0.15) is 41.1 Å². The molecule has 0 fully saturated rings. The molecular formula is C48H30. The Morgan fingerprint density at radius 3 is 1.56 bits per heavy atom. The van der Waals surface area contributed by atoms with Crippen LogP contribution >= 0.6 is 0 Å². The van der Waals surface area contributed by atoms with Gasteiger partial charge in [-0.25, -0.2) is 0 Å². The molecule has 0 N–H and O–H groups in total. The van der Waals surface area contributed by atoms with Crippen molar-refractivity contribution in [1.29, 1.82) is 0 Å². The van der Waals surface area contributed by atoms with Gasteiger partial charge in [-0.1, -0.05) is 163 Å². The Morgan fingerprint density at radius 1 is 0.250 bits per heavy atom. The van der Waals surface area contributed by atoms with Crippen LogP contribution in [0.25, 0.3) is 98.0 Å². The summed E-state index contributed by atoms with van der Waals surface area (Å²) in [5, 5.41) is -9.03. The van der Waals surface area contributed by atoms with Crippen LogP contribution in [0.4, 0.5) is 0 Å². The Morgan fingerprint density at radius 2 is 0.771 bits per heavy atom. The zero-order valence-electron chi connectivity index (χ0n) is 54.0. The fourth-order valence-electron chi connectivity index (χ4n) is 5.91. The SMILES string of the molecule is [2H]c1c([2H])c([2H])c2c([2H])c(-c3c([2H])c([2H])c4c(-c5c([2H])c([2H])c([2H])c6c([2H])c([2H])c([2H])c([2H])c56)c5c([2H])c([2H])c([2H])c([2H])c5c(-c5c([2H])c6c([2H])c([2H])c([2H])c([2H])c6c6c([2H])c([2H])c([2H])c([2H])c56)c4c3[2H])c([2H])c([2H])c2c1[2H]. The number of fused-ring (bicyclic) bond motifs is 7. The van der Waals surface area contributed by atoms with Crippen LogP contribution in [0.2, 0.25) is 0 Å². The van der Waals surface area contributed by atoms with Crippen LogP contribution in [0.5, 0.6) is 0 Å². The molecule has 0 amide bonds. The van der Waals surface area contributed by atoms with Crippen LogP contribution in [0.15, 0.2) is 181 Å². The molecule has 10 aromatic rings. The van der Waals surface area contributed by atoms with Gasteiger partial charge >= 0.3 is 0 Å². The smallest absolute Gasteiger partial charge is 0.0616 e. The molecule has 0 aliphatic carbocycles. The fourth-order valence-corrected chi connectivity index (χ4v) is 5.91. The third-order valence-corrected chi connectivity index (χ3v) is 7.94. The van der Waals surface area contributed by atoms with E-state index in [4.69, 9.17) is 24.7 Å². The molecule has 0 atom stereocenters. The van der Waals surface area contributed by atoms with E-state index in [1.54, 1.807) is 0 Å². The summed E-state index contributed by atoms with van der Waals surface area (Å²) in [6, 6.07) is -29.8. The van der Waals surface area contributed by atoms with E-state index in [1.165, 1.54) is 0 Å². The molecule has 0 nitrogen and oxygen atoms in total. The Hall–Kier alpha value is -6.24. The maximum Gasteiger partial charge on any atom is 0.0636 e. The summed E-state index contributed by atoms with van der Waals surface area (Å²) in [6.45, 7) is 0. The summed E-state index contributed by atoms with van der Waals surface area (Å²) < 4.78 is 274. The molecule has 0 saturated heterocycles. The van der Waals surface area contributed by atoms with Crippen LogP contribution in [0, 0.1) is 0 Å². The molecule has 48 heavy (non-hydrogen) atoms. The van der Waals surface area contributed by atoms with Crippen molar-refractivity contribution in [1.82, 2.24) is 0 Å². The number of hydrogen-bond donors (Lipinski definition) is 0. The van der Waals surface area contributed by atoms with Crippen LogP contribution in [0.3, 0.4) is 0 Å². The van der Waals surface area contributed by atoms with Crippen LogP contribution in [-0.2, 0) is 0 Å². The van der Waals surface area contributed by atoms with Gasteiger partial charge in [0.05, 0.1) is 41.1 Å². The third-order valence-electron chi connectivity index (χ3n) is 7.94. The maximum atomic E-state index is 10.3. The van der Waals surface area contributed by atoms with Gasteiger partial charge in [-0.3, -0.25) is 0 Å². The monoisotopic (exact) mass is 636 g/mol. The number of hydrogen-bond acceptors (Lipinski definition) is 0. The molecule has 0 spiro atoms. The summed E-state index contributed by atoms with van der Waals surface area (Å²) >= 11 is 0. The van der Waals surface area contributed by atoms with Crippen molar-refractivity contribution in [3.05, 3.63) is 181 Å². The lowest BCUT2D eigenvalue weighted by atomic mass is 9.82. The summed E-state index contributed by atoms with van der Waals surface area (Å²) in [5.74, 6) is 0. The summed E-state index contributed by atoms with van der Waals surface area (Å²) in [4.78, 5) is 0. The Balaban J connectivity index is 1.67. The first kappa shape index (κ1) is 10.6. The predicted molar refractivity (Wildman–Crippen MR) is 208 cm³/mol. The lowest BCUT2D eigenvalue weighted by molar-refractivity contribution is 1.66. The predicted octanol–water partition coefficient (Wildman–Crippen LogP) is 13.6. The van der Waals surface area contributed by atoms with E-state index in [2.05, 4.69) is 0 Å². The standard InChI is InChI=1S/C48H30/c1-2-14-33-28-34(25-24-31(33)12-1)35-26-27-44-46(29-35)48(45-30-36-15-4-6-18-38(36)39-19-7-8-20-40(39)45)43-22-10-9-21-42(43)47(44)41-23-11-16-32-13-3-5-17-37(32)41/h1-30H/i1D,2D,3D,4D,5D,6D,7D,8D,9D,10D,11D,12D,13D,14D,15D,16D,17D,18D,19D,20D,21D,22D,23D,24D,25D,26D,27D,28D,29D,30D. The van der Waals surface area contributed by atoms with Crippen molar-refractivity contribution in [2.24, 2.45) is 0 Å². The minimum Gasteiger partial charge on any atom is -0.0616 e. The average molecular weight is 637 g/mol. The average Bonchev–Trinajstić information content (AvgIpc) is 3.20. The largest absolute Gasteiger partial charge is 0.0636 e. The van der Waals surface area contributed by atoms with E-state index in [1.807, 2.05) is 0 Å². The van der Waals surface area contributed by atoms with Gasteiger partial charge in [0.25, 0.3) is 0 Å². The van der Waals surface area contributed by atoms with Gasteiger partial charge in [0.1, 0.15) is 0 Å². The molecular weight excluding hydrogens is 577 g/mol. The highest BCUT2D eigenvalue weighted by Gasteiger charge is 2.20. The van der Waals surface area contributed by atoms with Crippen molar-refractivity contribution in [2.75, 3.05) is 0 Å². The number of rotatable bonds is 3. The van der Waals surface area contributed by atoms with Crippen molar-refractivity contribution in [3.8, 4) is 33.4 Å². The van der Waals surface area contributed by atoms with Gasteiger partial charge in [-0.2, -0.15) is 0 Å². The van der Waals surface area contributed by atoms with Crippen molar-refractivity contribution >= 4 is 64.6 Å². The fraction of sp³-hybridized carbons (Fsp3) is 0. The second-order valence-corrected chi connectivity index (χ2v) is 10.5. The number of benzene rings is 10. The van der Waals surface area contributed by atoms with E-state index >= 15 is 0 Å². The second-order valence-electron chi connectivity index (χ2n) is 10.5. The Bertz CT molecular complexity index is 4590. The van der Waals surface area contributed by atoms with E-state index in [-0.39, 0.29) is 0 Å². The Kier molecular flexibility index (Phi) is 2.36. The molecule has 0 aliphatic heterocycles. The van der Waals surface area contributed by atoms with Gasteiger partial charge in [0.2, 0.25) is 0 Å². The van der Waals surface area contributed by atoms with Gasteiger partial charge in [-0.05, 0) is 116 Å². The lowest BCUT2D eigenvalue weighted by Crippen LogP contribution is -1.93. The highest BCUT2D eigenvalue weighted by molar-refractivity contribution is 6.27. The highest BCUT2D eigenvalue weighted by atomic mass is 14.2. The minimum atomic E-state index is -1.17. The molecule has 0 unspecified atom stereocenters.